The Hall–Kier alpha value is -0.640. The molecule has 0 aromatic carbocycles. The van der Waals surface area contributed by atoms with E-state index in [0.29, 0.717) is 5.17 Å². The molecule has 1 heterocycles. The molecular formula is C8H14N2OS. The molecule has 0 saturated heterocycles. The van der Waals surface area contributed by atoms with Crippen molar-refractivity contribution >= 4 is 16.9 Å². The molecule has 0 fully saturated rings. The number of hydrogen-bond acceptors (Lipinski definition) is 4. The van der Waals surface area contributed by atoms with Gasteiger partial charge in [0.1, 0.15) is 0 Å². The van der Waals surface area contributed by atoms with Crippen LogP contribution in [0.2, 0.25) is 0 Å². The molecule has 0 amide bonds. The van der Waals surface area contributed by atoms with Crippen LogP contribution in [0.4, 0.5) is 0 Å². The molecule has 68 valence electrons. The first-order chi connectivity index (χ1) is 5.59. The fourth-order valence-corrected chi connectivity index (χ4v) is 1.83. The van der Waals surface area contributed by atoms with Gasteiger partial charge in [-0.15, -0.1) is 0 Å². The molecule has 2 N–H and O–H groups in total. The molecule has 0 saturated carbocycles. The maximum atomic E-state index is 5.64. The average molecular weight is 186 g/mol. The standard InChI is InChI=1S/C8H14N2OS/c1-4-8(2)5-6(11-3)12-7(9)10-8/h5H,4H2,1-3H3,(H2,9,10)/t8-/m1/s1. The average Bonchev–Trinajstić information content (AvgIpc) is 2.03. The Labute approximate surface area is 77.1 Å². The van der Waals surface area contributed by atoms with Gasteiger partial charge in [0.15, 0.2) is 10.3 Å². The zero-order valence-electron chi connectivity index (χ0n) is 7.63. The van der Waals surface area contributed by atoms with Crippen LogP contribution in [0.1, 0.15) is 20.3 Å². The predicted molar refractivity (Wildman–Crippen MR) is 53.0 cm³/mol. The Balaban J connectivity index is 2.87. The Bertz CT molecular complexity index is 237. The first-order valence-electron chi connectivity index (χ1n) is 3.89. The van der Waals surface area contributed by atoms with Crippen LogP contribution in [0.15, 0.2) is 16.2 Å². The van der Waals surface area contributed by atoms with Crippen LogP contribution in [0.5, 0.6) is 0 Å². The third kappa shape index (κ3) is 1.94. The van der Waals surface area contributed by atoms with Crippen molar-refractivity contribution in [3.8, 4) is 0 Å². The van der Waals surface area contributed by atoms with E-state index < -0.39 is 0 Å². The lowest BCUT2D eigenvalue weighted by Gasteiger charge is -2.24. The highest BCUT2D eigenvalue weighted by Gasteiger charge is 2.24. The van der Waals surface area contributed by atoms with E-state index in [4.69, 9.17) is 10.5 Å². The van der Waals surface area contributed by atoms with Gasteiger partial charge in [0.2, 0.25) is 0 Å². The zero-order valence-corrected chi connectivity index (χ0v) is 8.44. The third-order valence-electron chi connectivity index (χ3n) is 1.92. The lowest BCUT2D eigenvalue weighted by Crippen LogP contribution is -2.26. The Morgan fingerprint density at radius 2 is 2.42 bits per heavy atom. The van der Waals surface area contributed by atoms with E-state index in [1.165, 1.54) is 11.8 Å². The summed E-state index contributed by atoms with van der Waals surface area (Å²) >= 11 is 1.37. The molecule has 1 atom stereocenters. The third-order valence-corrected chi connectivity index (χ3v) is 2.70. The van der Waals surface area contributed by atoms with E-state index in [0.717, 1.165) is 11.5 Å². The van der Waals surface area contributed by atoms with Crippen LogP contribution >= 0.6 is 11.8 Å². The van der Waals surface area contributed by atoms with Gasteiger partial charge in [-0.1, -0.05) is 6.92 Å². The quantitative estimate of drug-likeness (QED) is 0.714. The smallest absolute Gasteiger partial charge is 0.162 e. The monoisotopic (exact) mass is 186 g/mol. The maximum absolute atomic E-state index is 5.64. The molecule has 1 aliphatic heterocycles. The second-order valence-corrected chi connectivity index (χ2v) is 3.96. The topological polar surface area (TPSA) is 47.6 Å². The number of nitrogens with two attached hydrogens (primary N) is 1. The second kappa shape index (κ2) is 3.39. The molecule has 0 spiro atoms. The van der Waals surface area contributed by atoms with E-state index in [2.05, 4.69) is 11.9 Å². The zero-order chi connectivity index (χ0) is 9.19. The molecular weight excluding hydrogens is 172 g/mol. The largest absolute Gasteiger partial charge is 0.490 e. The van der Waals surface area contributed by atoms with Gasteiger partial charge in [0, 0.05) is 0 Å². The minimum atomic E-state index is -0.180. The normalized spacial score (nSPS) is 29.2. The van der Waals surface area contributed by atoms with Crippen molar-refractivity contribution in [2.75, 3.05) is 7.11 Å². The number of ether oxygens (including phenoxy) is 1. The molecule has 0 radical (unpaired) electrons. The van der Waals surface area contributed by atoms with Crippen molar-refractivity contribution in [3.63, 3.8) is 0 Å². The summed E-state index contributed by atoms with van der Waals surface area (Å²) in [5.74, 6) is 0. The van der Waals surface area contributed by atoms with Crippen molar-refractivity contribution in [2.24, 2.45) is 10.7 Å². The minimum absolute atomic E-state index is 0.180. The molecule has 0 aliphatic carbocycles. The van der Waals surface area contributed by atoms with Crippen LogP contribution in [0, 0.1) is 0 Å². The molecule has 0 unspecified atom stereocenters. The SMILES string of the molecule is CC[C@]1(C)C=C(OC)SC(N)=N1. The first-order valence-corrected chi connectivity index (χ1v) is 4.71. The number of amidine groups is 1. The summed E-state index contributed by atoms with van der Waals surface area (Å²) in [4.78, 5) is 4.33. The van der Waals surface area contributed by atoms with Gasteiger partial charge in [-0.2, -0.15) is 0 Å². The van der Waals surface area contributed by atoms with Gasteiger partial charge in [0.05, 0.1) is 12.6 Å². The Morgan fingerprint density at radius 1 is 1.75 bits per heavy atom. The lowest BCUT2D eigenvalue weighted by atomic mass is 10.0. The summed E-state index contributed by atoms with van der Waals surface area (Å²) < 4.78 is 5.12. The van der Waals surface area contributed by atoms with Crippen molar-refractivity contribution < 1.29 is 4.74 Å². The van der Waals surface area contributed by atoms with E-state index >= 15 is 0 Å². The van der Waals surface area contributed by atoms with Crippen LogP contribution < -0.4 is 5.73 Å². The van der Waals surface area contributed by atoms with E-state index in [1.54, 1.807) is 7.11 Å². The summed E-state index contributed by atoms with van der Waals surface area (Å²) in [6.45, 7) is 4.12. The molecule has 12 heavy (non-hydrogen) atoms. The van der Waals surface area contributed by atoms with E-state index in [9.17, 15) is 0 Å². The van der Waals surface area contributed by atoms with Crippen LogP contribution in [0.25, 0.3) is 0 Å². The Morgan fingerprint density at radius 3 is 2.92 bits per heavy atom. The van der Waals surface area contributed by atoms with Gasteiger partial charge < -0.3 is 10.5 Å². The van der Waals surface area contributed by atoms with Crippen molar-refractivity contribution in [1.82, 2.24) is 0 Å². The number of nitrogens with zero attached hydrogens (tertiary/aromatic N) is 1. The number of hydrogen-bond donors (Lipinski definition) is 1. The van der Waals surface area contributed by atoms with E-state index in [1.807, 2.05) is 13.0 Å². The molecule has 0 bridgehead atoms. The van der Waals surface area contributed by atoms with E-state index in [-0.39, 0.29) is 5.54 Å². The van der Waals surface area contributed by atoms with Gasteiger partial charge in [-0.05, 0) is 31.2 Å². The highest BCUT2D eigenvalue weighted by atomic mass is 32.2. The highest BCUT2D eigenvalue weighted by molar-refractivity contribution is 8.16. The van der Waals surface area contributed by atoms with Gasteiger partial charge in [-0.25, -0.2) is 0 Å². The second-order valence-electron chi connectivity index (χ2n) is 2.93. The molecule has 0 aromatic rings. The van der Waals surface area contributed by atoms with Gasteiger partial charge in [-0.3, -0.25) is 4.99 Å². The van der Waals surface area contributed by atoms with Crippen molar-refractivity contribution in [3.05, 3.63) is 11.2 Å². The molecule has 1 aliphatic rings. The van der Waals surface area contributed by atoms with Crippen LogP contribution in [0.3, 0.4) is 0 Å². The summed E-state index contributed by atoms with van der Waals surface area (Å²) in [6, 6.07) is 0. The van der Waals surface area contributed by atoms with Gasteiger partial charge >= 0.3 is 0 Å². The van der Waals surface area contributed by atoms with Gasteiger partial charge in [0.25, 0.3) is 0 Å². The summed E-state index contributed by atoms with van der Waals surface area (Å²) in [5.41, 5.74) is 5.46. The first kappa shape index (κ1) is 9.45. The van der Waals surface area contributed by atoms with Crippen LogP contribution in [-0.4, -0.2) is 17.8 Å². The number of thioether (sulfide) groups is 1. The fourth-order valence-electron chi connectivity index (χ4n) is 0.975. The molecule has 1 rings (SSSR count). The summed E-state index contributed by atoms with van der Waals surface area (Å²) in [6.07, 6.45) is 2.94. The summed E-state index contributed by atoms with van der Waals surface area (Å²) in [7, 11) is 1.65. The predicted octanol–water partition coefficient (Wildman–Crippen LogP) is 1.70. The maximum Gasteiger partial charge on any atom is 0.162 e. The minimum Gasteiger partial charge on any atom is -0.490 e. The molecule has 4 heteroatoms. The molecule has 0 aromatic heterocycles. The fraction of sp³-hybridized carbons (Fsp3) is 0.625. The highest BCUT2D eigenvalue weighted by Crippen LogP contribution is 2.30. The lowest BCUT2D eigenvalue weighted by molar-refractivity contribution is 0.318. The van der Waals surface area contributed by atoms with Crippen molar-refractivity contribution in [1.29, 1.82) is 0 Å². The Kier molecular flexibility index (Phi) is 2.67. The number of aliphatic imine (C=N–C) groups is 1. The molecule has 3 nitrogen and oxygen atoms in total. The number of methoxy groups -OCH3 is 1. The van der Waals surface area contributed by atoms with Crippen LogP contribution in [-0.2, 0) is 4.74 Å². The summed E-state index contributed by atoms with van der Waals surface area (Å²) in [5, 5.41) is 1.42. The van der Waals surface area contributed by atoms with Crippen molar-refractivity contribution in [2.45, 2.75) is 25.8 Å². The number of rotatable bonds is 2.